The quantitative estimate of drug-likeness (QED) is 0.619. The van der Waals surface area contributed by atoms with Gasteiger partial charge in [-0.3, -0.25) is 4.79 Å². The maximum absolute atomic E-state index is 12.1. The predicted molar refractivity (Wildman–Crippen MR) is 107 cm³/mol. The van der Waals surface area contributed by atoms with Crippen LogP contribution in [0.2, 0.25) is 5.02 Å². The number of carbonyl (C=O) groups excluding carboxylic acids is 1. The van der Waals surface area contributed by atoms with Gasteiger partial charge in [-0.1, -0.05) is 60.9 Å². The first kappa shape index (κ1) is 19.1. The fraction of sp³-hybridized carbons (Fsp3) is 0.286. The fourth-order valence-corrected chi connectivity index (χ4v) is 2.79. The molecule has 3 aromatic rings. The number of carbonyl (C=O) groups is 1. The zero-order chi connectivity index (χ0) is 19.4. The third-order valence-corrected chi connectivity index (χ3v) is 4.73. The SMILES string of the molecule is Cc1ccc(NC(=O)CCc2nc(-c3ccc(C(C)C)cc3)no2)cc1Cl. The summed E-state index contributed by atoms with van der Waals surface area (Å²) in [6.07, 6.45) is 0.627. The van der Waals surface area contributed by atoms with Gasteiger partial charge in [0.2, 0.25) is 17.6 Å². The van der Waals surface area contributed by atoms with Gasteiger partial charge in [-0.25, -0.2) is 0 Å². The fourth-order valence-electron chi connectivity index (χ4n) is 2.61. The number of aryl methyl sites for hydroxylation is 2. The van der Waals surface area contributed by atoms with Crippen molar-refractivity contribution < 1.29 is 9.32 Å². The van der Waals surface area contributed by atoms with Crippen molar-refractivity contribution in [1.82, 2.24) is 10.1 Å². The van der Waals surface area contributed by atoms with E-state index in [4.69, 9.17) is 16.1 Å². The second kappa shape index (κ2) is 8.35. The number of halogens is 1. The van der Waals surface area contributed by atoms with Crippen LogP contribution in [0.1, 0.15) is 43.2 Å². The van der Waals surface area contributed by atoms with Crippen molar-refractivity contribution in [2.75, 3.05) is 5.32 Å². The highest BCUT2D eigenvalue weighted by molar-refractivity contribution is 6.31. The first-order valence-corrected chi connectivity index (χ1v) is 9.29. The van der Waals surface area contributed by atoms with Crippen molar-refractivity contribution in [2.45, 2.75) is 39.5 Å². The molecule has 2 aromatic carbocycles. The minimum absolute atomic E-state index is 0.129. The molecular formula is C21H22ClN3O2. The molecule has 27 heavy (non-hydrogen) atoms. The zero-order valence-corrected chi connectivity index (χ0v) is 16.4. The summed E-state index contributed by atoms with van der Waals surface area (Å²) in [4.78, 5) is 16.5. The van der Waals surface area contributed by atoms with Crippen LogP contribution in [0, 0.1) is 6.92 Å². The number of benzene rings is 2. The second-order valence-electron chi connectivity index (χ2n) is 6.80. The van der Waals surface area contributed by atoms with Gasteiger partial charge in [0.05, 0.1) is 0 Å². The van der Waals surface area contributed by atoms with Crippen LogP contribution in [-0.4, -0.2) is 16.0 Å². The molecule has 0 saturated heterocycles. The average molecular weight is 384 g/mol. The van der Waals surface area contributed by atoms with Gasteiger partial charge in [0.25, 0.3) is 0 Å². The third kappa shape index (κ3) is 4.95. The number of aromatic nitrogens is 2. The molecule has 0 aliphatic heterocycles. The summed E-state index contributed by atoms with van der Waals surface area (Å²) >= 11 is 6.07. The smallest absolute Gasteiger partial charge is 0.227 e. The largest absolute Gasteiger partial charge is 0.339 e. The normalized spacial score (nSPS) is 11.0. The lowest BCUT2D eigenvalue weighted by atomic mass is 10.0. The summed E-state index contributed by atoms with van der Waals surface area (Å²) in [5, 5.41) is 7.45. The molecule has 1 N–H and O–H groups in total. The van der Waals surface area contributed by atoms with Crippen molar-refractivity contribution in [3.8, 4) is 11.4 Å². The number of anilines is 1. The molecule has 0 radical (unpaired) electrons. The number of hydrogen-bond acceptors (Lipinski definition) is 4. The molecule has 0 aliphatic carbocycles. The number of hydrogen-bond donors (Lipinski definition) is 1. The Morgan fingerprint density at radius 3 is 2.59 bits per heavy atom. The Labute approximate surface area is 163 Å². The second-order valence-corrected chi connectivity index (χ2v) is 7.21. The Hall–Kier alpha value is -2.66. The summed E-state index contributed by atoms with van der Waals surface area (Å²) in [5.74, 6) is 1.32. The van der Waals surface area contributed by atoms with Gasteiger partial charge >= 0.3 is 0 Å². The summed E-state index contributed by atoms with van der Waals surface area (Å²) in [5.41, 5.74) is 3.80. The summed E-state index contributed by atoms with van der Waals surface area (Å²) in [6.45, 7) is 6.21. The van der Waals surface area contributed by atoms with Crippen LogP contribution in [0.4, 0.5) is 5.69 Å². The van der Waals surface area contributed by atoms with E-state index in [0.717, 1.165) is 11.1 Å². The Morgan fingerprint density at radius 2 is 1.93 bits per heavy atom. The summed E-state index contributed by atoms with van der Waals surface area (Å²) in [7, 11) is 0. The van der Waals surface area contributed by atoms with Crippen LogP contribution >= 0.6 is 11.6 Å². The van der Waals surface area contributed by atoms with E-state index >= 15 is 0 Å². The molecule has 0 saturated carbocycles. The van der Waals surface area contributed by atoms with E-state index in [9.17, 15) is 4.79 Å². The molecule has 0 fully saturated rings. The van der Waals surface area contributed by atoms with Gasteiger partial charge in [0.1, 0.15) is 0 Å². The van der Waals surface area contributed by atoms with Crippen LogP contribution in [0.5, 0.6) is 0 Å². The minimum atomic E-state index is -0.129. The number of nitrogens with one attached hydrogen (secondary N) is 1. The zero-order valence-electron chi connectivity index (χ0n) is 15.6. The Kier molecular flexibility index (Phi) is 5.91. The van der Waals surface area contributed by atoms with E-state index in [1.807, 2.05) is 31.2 Å². The maximum atomic E-state index is 12.1. The molecule has 5 nitrogen and oxygen atoms in total. The van der Waals surface area contributed by atoms with Crippen molar-refractivity contribution in [3.05, 3.63) is 64.5 Å². The van der Waals surface area contributed by atoms with Gasteiger partial charge in [-0.15, -0.1) is 0 Å². The summed E-state index contributed by atoms with van der Waals surface area (Å²) in [6, 6.07) is 13.5. The van der Waals surface area contributed by atoms with Crippen LogP contribution < -0.4 is 5.32 Å². The highest BCUT2D eigenvalue weighted by atomic mass is 35.5. The molecule has 0 atom stereocenters. The van der Waals surface area contributed by atoms with Gasteiger partial charge in [-0.05, 0) is 36.1 Å². The van der Waals surface area contributed by atoms with Crippen molar-refractivity contribution in [3.63, 3.8) is 0 Å². The van der Waals surface area contributed by atoms with Gasteiger partial charge in [0.15, 0.2) is 0 Å². The molecule has 1 amide bonds. The van der Waals surface area contributed by atoms with E-state index in [1.165, 1.54) is 5.56 Å². The minimum Gasteiger partial charge on any atom is -0.339 e. The monoisotopic (exact) mass is 383 g/mol. The molecule has 0 spiro atoms. The first-order chi connectivity index (χ1) is 12.9. The lowest BCUT2D eigenvalue weighted by molar-refractivity contribution is -0.116. The summed E-state index contributed by atoms with van der Waals surface area (Å²) < 4.78 is 5.27. The van der Waals surface area contributed by atoms with Crippen LogP contribution in [-0.2, 0) is 11.2 Å². The highest BCUT2D eigenvalue weighted by Crippen LogP contribution is 2.22. The third-order valence-electron chi connectivity index (χ3n) is 4.33. The number of rotatable bonds is 6. The van der Waals surface area contributed by atoms with Gasteiger partial charge in [-0.2, -0.15) is 4.98 Å². The molecule has 3 rings (SSSR count). The van der Waals surface area contributed by atoms with E-state index in [1.54, 1.807) is 6.07 Å². The lowest BCUT2D eigenvalue weighted by Crippen LogP contribution is -2.12. The molecule has 0 bridgehead atoms. The van der Waals surface area contributed by atoms with E-state index in [-0.39, 0.29) is 12.3 Å². The van der Waals surface area contributed by atoms with Crippen molar-refractivity contribution in [1.29, 1.82) is 0 Å². The molecule has 1 aromatic heterocycles. The topological polar surface area (TPSA) is 68.0 Å². The van der Waals surface area contributed by atoms with Gasteiger partial charge in [0, 0.05) is 29.1 Å². The number of nitrogens with zero attached hydrogens (tertiary/aromatic N) is 2. The molecular weight excluding hydrogens is 362 g/mol. The maximum Gasteiger partial charge on any atom is 0.227 e. The molecule has 0 aliphatic rings. The Balaban J connectivity index is 1.57. The molecule has 1 heterocycles. The predicted octanol–water partition coefficient (Wildman–Crippen LogP) is 5.39. The molecule has 6 heteroatoms. The van der Waals surface area contributed by atoms with Crippen LogP contribution in [0.25, 0.3) is 11.4 Å². The van der Waals surface area contributed by atoms with Crippen molar-refractivity contribution in [2.24, 2.45) is 0 Å². The Bertz CT molecular complexity index is 933. The lowest BCUT2D eigenvalue weighted by Gasteiger charge is -2.06. The first-order valence-electron chi connectivity index (χ1n) is 8.91. The molecule has 140 valence electrons. The van der Waals surface area contributed by atoms with Crippen LogP contribution in [0.3, 0.4) is 0 Å². The van der Waals surface area contributed by atoms with E-state index in [2.05, 4.69) is 41.4 Å². The average Bonchev–Trinajstić information content (AvgIpc) is 3.12. The standard InChI is InChI=1S/C21H22ClN3O2/c1-13(2)15-5-7-16(8-6-15)21-24-20(27-25-21)11-10-19(26)23-17-9-4-14(3)18(22)12-17/h4-9,12-13H,10-11H2,1-3H3,(H,23,26). The van der Waals surface area contributed by atoms with E-state index in [0.29, 0.717) is 34.8 Å². The molecule has 0 unspecified atom stereocenters. The highest BCUT2D eigenvalue weighted by Gasteiger charge is 2.11. The van der Waals surface area contributed by atoms with E-state index < -0.39 is 0 Å². The van der Waals surface area contributed by atoms with Gasteiger partial charge < -0.3 is 9.84 Å². The van der Waals surface area contributed by atoms with Crippen LogP contribution in [0.15, 0.2) is 47.0 Å². The Morgan fingerprint density at radius 1 is 1.19 bits per heavy atom. The van der Waals surface area contributed by atoms with Crippen molar-refractivity contribution >= 4 is 23.2 Å². The number of amides is 1.